The van der Waals surface area contributed by atoms with E-state index in [0.29, 0.717) is 0 Å². The van der Waals surface area contributed by atoms with Gasteiger partial charge in [-0.25, -0.2) is 0 Å². The van der Waals surface area contributed by atoms with E-state index in [1.165, 1.54) is 64.2 Å². The normalized spacial score (nSPS) is 19.3. The van der Waals surface area contributed by atoms with Crippen molar-refractivity contribution in [2.75, 3.05) is 6.54 Å². The summed E-state index contributed by atoms with van der Waals surface area (Å²) in [6.45, 7) is 8.08. The average Bonchev–Trinajstić information content (AvgIpc) is 2.43. The maximum Gasteiger partial charge on any atom is 0.00696 e. The molecule has 108 valence electrons. The standard InChI is InChI=1S/C17H35N/c1-4-15(5-2)14-17(18-6-3)13-12-16-10-8-7-9-11-16/h15-18H,4-14H2,1-3H3. The van der Waals surface area contributed by atoms with Crippen molar-refractivity contribution in [2.24, 2.45) is 11.8 Å². The van der Waals surface area contributed by atoms with Gasteiger partial charge < -0.3 is 5.32 Å². The molecule has 1 fully saturated rings. The molecule has 1 unspecified atom stereocenters. The van der Waals surface area contributed by atoms with Crippen LogP contribution in [0.5, 0.6) is 0 Å². The van der Waals surface area contributed by atoms with Crippen LogP contribution >= 0.6 is 0 Å². The SMILES string of the molecule is CCNC(CCC1CCCCC1)CC(CC)CC. The maximum atomic E-state index is 3.72. The first-order valence-electron chi connectivity index (χ1n) is 8.53. The van der Waals surface area contributed by atoms with Crippen LogP contribution in [0.3, 0.4) is 0 Å². The predicted molar refractivity (Wildman–Crippen MR) is 82.0 cm³/mol. The van der Waals surface area contributed by atoms with Crippen molar-refractivity contribution in [2.45, 2.75) is 91.0 Å². The van der Waals surface area contributed by atoms with Crippen LogP contribution in [0, 0.1) is 11.8 Å². The lowest BCUT2D eigenvalue weighted by molar-refractivity contribution is 0.291. The Balaban J connectivity index is 2.27. The van der Waals surface area contributed by atoms with Crippen LogP contribution in [0.2, 0.25) is 0 Å². The Hall–Kier alpha value is -0.0400. The lowest BCUT2D eigenvalue weighted by Gasteiger charge is -2.26. The van der Waals surface area contributed by atoms with Crippen molar-refractivity contribution < 1.29 is 0 Å². The first kappa shape index (κ1) is 16.0. The summed E-state index contributed by atoms with van der Waals surface area (Å²) in [4.78, 5) is 0. The second-order valence-corrected chi connectivity index (χ2v) is 6.25. The van der Waals surface area contributed by atoms with Gasteiger partial charge in [-0.1, -0.05) is 65.7 Å². The lowest BCUT2D eigenvalue weighted by atomic mass is 9.83. The average molecular weight is 253 g/mol. The molecule has 18 heavy (non-hydrogen) atoms. The molecule has 1 rings (SSSR count). The molecule has 0 aromatic heterocycles. The molecule has 0 spiro atoms. The summed E-state index contributed by atoms with van der Waals surface area (Å²) in [5, 5.41) is 3.72. The molecule has 1 heteroatoms. The van der Waals surface area contributed by atoms with Crippen LogP contribution in [-0.4, -0.2) is 12.6 Å². The number of hydrogen-bond acceptors (Lipinski definition) is 1. The van der Waals surface area contributed by atoms with Crippen molar-refractivity contribution in [3.63, 3.8) is 0 Å². The van der Waals surface area contributed by atoms with Gasteiger partial charge in [-0.2, -0.15) is 0 Å². The van der Waals surface area contributed by atoms with E-state index in [2.05, 4.69) is 26.1 Å². The zero-order valence-corrected chi connectivity index (χ0v) is 13.0. The molecule has 0 radical (unpaired) electrons. The Labute approximate surface area is 115 Å². The van der Waals surface area contributed by atoms with Gasteiger partial charge in [-0.05, 0) is 37.6 Å². The second kappa shape index (κ2) is 9.83. The van der Waals surface area contributed by atoms with Crippen LogP contribution in [-0.2, 0) is 0 Å². The summed E-state index contributed by atoms with van der Waals surface area (Å²) >= 11 is 0. The third-order valence-corrected chi connectivity index (χ3v) is 4.91. The monoisotopic (exact) mass is 253 g/mol. The van der Waals surface area contributed by atoms with E-state index in [1.807, 2.05) is 0 Å². The Kier molecular flexibility index (Phi) is 8.75. The molecular weight excluding hydrogens is 218 g/mol. The minimum Gasteiger partial charge on any atom is -0.314 e. The first-order valence-corrected chi connectivity index (χ1v) is 8.53. The fraction of sp³-hybridized carbons (Fsp3) is 1.00. The van der Waals surface area contributed by atoms with Crippen LogP contribution in [0.4, 0.5) is 0 Å². The Bertz CT molecular complexity index is 180. The van der Waals surface area contributed by atoms with Gasteiger partial charge in [-0.3, -0.25) is 0 Å². The maximum absolute atomic E-state index is 3.72. The topological polar surface area (TPSA) is 12.0 Å². The van der Waals surface area contributed by atoms with Crippen molar-refractivity contribution in [1.29, 1.82) is 0 Å². The second-order valence-electron chi connectivity index (χ2n) is 6.25. The van der Waals surface area contributed by atoms with Crippen LogP contribution in [0.1, 0.15) is 85.0 Å². The molecule has 1 nitrogen and oxygen atoms in total. The fourth-order valence-electron chi connectivity index (χ4n) is 3.53. The van der Waals surface area contributed by atoms with Gasteiger partial charge in [0, 0.05) is 6.04 Å². The molecule has 0 amide bonds. The highest BCUT2D eigenvalue weighted by molar-refractivity contribution is 4.74. The van der Waals surface area contributed by atoms with Gasteiger partial charge in [0.2, 0.25) is 0 Å². The van der Waals surface area contributed by atoms with Gasteiger partial charge >= 0.3 is 0 Å². The summed E-state index contributed by atoms with van der Waals surface area (Å²) in [7, 11) is 0. The quantitative estimate of drug-likeness (QED) is 0.599. The molecular formula is C17H35N. The van der Waals surface area contributed by atoms with Gasteiger partial charge in [0.15, 0.2) is 0 Å². The summed E-state index contributed by atoms with van der Waals surface area (Å²) < 4.78 is 0. The lowest BCUT2D eigenvalue weighted by Crippen LogP contribution is -2.31. The molecule has 0 aromatic carbocycles. The zero-order valence-electron chi connectivity index (χ0n) is 13.0. The minimum atomic E-state index is 0.779. The third kappa shape index (κ3) is 6.22. The summed E-state index contributed by atoms with van der Waals surface area (Å²) in [6, 6.07) is 0.779. The van der Waals surface area contributed by atoms with Gasteiger partial charge in [0.1, 0.15) is 0 Å². The minimum absolute atomic E-state index is 0.779. The van der Waals surface area contributed by atoms with Crippen molar-refractivity contribution in [3.8, 4) is 0 Å². The number of nitrogens with one attached hydrogen (secondary N) is 1. The highest BCUT2D eigenvalue weighted by atomic mass is 14.9. The third-order valence-electron chi connectivity index (χ3n) is 4.91. The Morgan fingerprint density at radius 3 is 2.22 bits per heavy atom. The number of hydrogen-bond donors (Lipinski definition) is 1. The van der Waals surface area contributed by atoms with E-state index in [1.54, 1.807) is 0 Å². The molecule has 1 aliphatic carbocycles. The summed E-state index contributed by atoms with van der Waals surface area (Å²) in [5.74, 6) is 1.97. The van der Waals surface area contributed by atoms with E-state index in [0.717, 1.165) is 24.4 Å². The van der Waals surface area contributed by atoms with Gasteiger partial charge in [0.05, 0.1) is 0 Å². The van der Waals surface area contributed by atoms with E-state index < -0.39 is 0 Å². The van der Waals surface area contributed by atoms with Gasteiger partial charge in [0.25, 0.3) is 0 Å². The highest BCUT2D eigenvalue weighted by Gasteiger charge is 2.17. The zero-order chi connectivity index (χ0) is 13.2. The largest absolute Gasteiger partial charge is 0.314 e. The van der Waals surface area contributed by atoms with Crippen LogP contribution < -0.4 is 5.32 Å². The Morgan fingerprint density at radius 1 is 1.00 bits per heavy atom. The van der Waals surface area contributed by atoms with E-state index in [9.17, 15) is 0 Å². The molecule has 0 aliphatic heterocycles. The fourth-order valence-corrected chi connectivity index (χ4v) is 3.53. The molecule has 0 heterocycles. The molecule has 1 aliphatic rings. The predicted octanol–water partition coefficient (Wildman–Crippen LogP) is 5.15. The summed E-state index contributed by atoms with van der Waals surface area (Å²) in [5.41, 5.74) is 0. The Morgan fingerprint density at radius 2 is 1.67 bits per heavy atom. The molecule has 1 saturated carbocycles. The molecule has 0 aromatic rings. The number of rotatable bonds is 9. The van der Waals surface area contributed by atoms with Gasteiger partial charge in [-0.15, -0.1) is 0 Å². The molecule has 0 saturated heterocycles. The molecule has 0 bridgehead atoms. The van der Waals surface area contributed by atoms with E-state index in [4.69, 9.17) is 0 Å². The molecule has 1 atom stereocenters. The van der Waals surface area contributed by atoms with E-state index >= 15 is 0 Å². The van der Waals surface area contributed by atoms with Crippen LogP contribution in [0.15, 0.2) is 0 Å². The van der Waals surface area contributed by atoms with Crippen molar-refractivity contribution >= 4 is 0 Å². The van der Waals surface area contributed by atoms with E-state index in [-0.39, 0.29) is 0 Å². The highest BCUT2D eigenvalue weighted by Crippen LogP contribution is 2.28. The smallest absolute Gasteiger partial charge is 0.00696 e. The molecule has 1 N–H and O–H groups in total. The van der Waals surface area contributed by atoms with Crippen molar-refractivity contribution in [1.82, 2.24) is 5.32 Å². The van der Waals surface area contributed by atoms with Crippen molar-refractivity contribution in [3.05, 3.63) is 0 Å². The summed E-state index contributed by atoms with van der Waals surface area (Å²) in [6.07, 6.45) is 14.4. The van der Waals surface area contributed by atoms with Crippen LogP contribution in [0.25, 0.3) is 0 Å². The first-order chi connectivity index (χ1) is 8.80.